The number of carboxylic acid groups (broad SMARTS) is 1. The molecule has 1 atom stereocenters. The summed E-state index contributed by atoms with van der Waals surface area (Å²) in [5.41, 5.74) is -0.658. The molecule has 0 aromatic carbocycles. The molecule has 17 heavy (non-hydrogen) atoms. The number of aliphatic carboxylic acids is 1. The van der Waals surface area contributed by atoms with Gasteiger partial charge in [-0.2, -0.15) is 0 Å². The third kappa shape index (κ3) is 2.34. The Morgan fingerprint density at radius 3 is 3.00 bits per heavy atom. The molecular weight excluding hydrogens is 218 g/mol. The van der Waals surface area contributed by atoms with Crippen LogP contribution in [0.2, 0.25) is 0 Å². The van der Waals surface area contributed by atoms with Crippen molar-refractivity contribution in [2.24, 2.45) is 5.41 Å². The van der Waals surface area contributed by atoms with Crippen LogP contribution in [0.3, 0.4) is 0 Å². The summed E-state index contributed by atoms with van der Waals surface area (Å²) in [5.74, 6) is 0.314. The quantitative estimate of drug-likeness (QED) is 0.855. The van der Waals surface area contributed by atoms with Crippen molar-refractivity contribution in [1.29, 1.82) is 0 Å². The van der Waals surface area contributed by atoms with E-state index in [1.165, 1.54) is 0 Å². The van der Waals surface area contributed by atoms with Gasteiger partial charge in [0.05, 0.1) is 12.0 Å². The van der Waals surface area contributed by atoms with Crippen molar-refractivity contribution in [2.45, 2.75) is 33.4 Å². The number of rotatable bonds is 4. The fourth-order valence-corrected chi connectivity index (χ4v) is 2.18. The summed E-state index contributed by atoms with van der Waals surface area (Å²) in [7, 11) is 0. The highest BCUT2D eigenvalue weighted by molar-refractivity contribution is 5.74. The molecule has 0 spiro atoms. The minimum absolute atomic E-state index is 0.589. The van der Waals surface area contributed by atoms with Crippen LogP contribution in [0.15, 0.2) is 12.4 Å². The van der Waals surface area contributed by atoms with Gasteiger partial charge in [0.15, 0.2) is 0 Å². The average Bonchev–Trinajstić information content (AvgIpc) is 2.75. The molecule has 0 amide bonds. The fourth-order valence-electron chi connectivity index (χ4n) is 2.18. The van der Waals surface area contributed by atoms with Crippen molar-refractivity contribution in [2.75, 3.05) is 13.1 Å². The summed E-state index contributed by atoms with van der Waals surface area (Å²) >= 11 is 0. The highest BCUT2D eigenvalue weighted by Gasteiger charge is 2.34. The van der Waals surface area contributed by atoms with Crippen LogP contribution in [0.25, 0.3) is 0 Å². The number of hydrogen-bond acceptors (Lipinski definition) is 3. The van der Waals surface area contributed by atoms with Crippen molar-refractivity contribution in [1.82, 2.24) is 14.5 Å². The topological polar surface area (TPSA) is 58.4 Å². The lowest BCUT2D eigenvalue weighted by atomic mass is 9.87. The van der Waals surface area contributed by atoms with Crippen molar-refractivity contribution in [3.8, 4) is 0 Å². The molecule has 2 heterocycles. The van der Waals surface area contributed by atoms with Crippen LogP contribution in [0.5, 0.6) is 0 Å². The van der Waals surface area contributed by atoms with E-state index in [2.05, 4.69) is 14.5 Å². The van der Waals surface area contributed by atoms with Gasteiger partial charge in [-0.15, -0.1) is 0 Å². The Bertz CT molecular complexity index is 416. The molecule has 0 aliphatic carbocycles. The van der Waals surface area contributed by atoms with Crippen molar-refractivity contribution < 1.29 is 9.90 Å². The lowest BCUT2D eigenvalue weighted by Crippen LogP contribution is -2.44. The van der Waals surface area contributed by atoms with Crippen molar-refractivity contribution in [3.63, 3.8) is 0 Å². The lowest BCUT2D eigenvalue weighted by molar-refractivity contribution is -0.149. The Kier molecular flexibility index (Phi) is 3.19. The molecule has 0 bridgehead atoms. The maximum atomic E-state index is 11.3. The van der Waals surface area contributed by atoms with Crippen molar-refractivity contribution >= 4 is 5.97 Å². The Balaban J connectivity index is 2.04. The highest BCUT2D eigenvalue weighted by Crippen LogP contribution is 2.24. The van der Waals surface area contributed by atoms with Gasteiger partial charge in [-0.3, -0.25) is 9.69 Å². The maximum absolute atomic E-state index is 11.3. The predicted molar refractivity (Wildman–Crippen MR) is 63.5 cm³/mol. The molecule has 0 radical (unpaired) electrons. The Labute approximate surface area is 101 Å². The minimum atomic E-state index is -0.714. The Morgan fingerprint density at radius 2 is 2.35 bits per heavy atom. The van der Waals surface area contributed by atoms with Gasteiger partial charge < -0.3 is 9.67 Å². The van der Waals surface area contributed by atoms with Crippen LogP contribution in [0, 0.1) is 5.41 Å². The minimum Gasteiger partial charge on any atom is -0.481 e. The Morgan fingerprint density at radius 1 is 1.59 bits per heavy atom. The van der Waals surface area contributed by atoms with E-state index in [4.69, 9.17) is 0 Å². The number of carbonyl (C=O) groups is 1. The summed E-state index contributed by atoms with van der Waals surface area (Å²) in [5, 5.41) is 9.27. The third-order valence-corrected chi connectivity index (χ3v) is 3.69. The van der Waals surface area contributed by atoms with Crippen molar-refractivity contribution in [3.05, 3.63) is 18.2 Å². The SMILES string of the molecule is CCC(C)(CN1CCn2ccnc2C1)C(=O)O. The molecule has 1 aliphatic rings. The van der Waals surface area contributed by atoms with Gasteiger partial charge in [0.1, 0.15) is 5.82 Å². The van der Waals surface area contributed by atoms with Crippen LogP contribution in [0.1, 0.15) is 26.1 Å². The first kappa shape index (κ1) is 12.1. The van der Waals surface area contributed by atoms with Gasteiger partial charge in [0.25, 0.3) is 0 Å². The van der Waals surface area contributed by atoms with Gasteiger partial charge in [0.2, 0.25) is 0 Å². The van der Waals surface area contributed by atoms with Crippen LogP contribution in [-0.2, 0) is 17.9 Å². The summed E-state index contributed by atoms with van der Waals surface area (Å²) in [6.07, 6.45) is 4.42. The monoisotopic (exact) mass is 237 g/mol. The predicted octanol–water partition coefficient (Wildman–Crippen LogP) is 1.20. The van der Waals surface area contributed by atoms with Gasteiger partial charge in [-0.1, -0.05) is 6.92 Å². The second kappa shape index (κ2) is 4.49. The molecule has 1 unspecified atom stereocenters. The smallest absolute Gasteiger partial charge is 0.310 e. The number of aromatic nitrogens is 2. The number of hydrogen-bond donors (Lipinski definition) is 1. The van der Waals surface area contributed by atoms with Crippen LogP contribution < -0.4 is 0 Å². The van der Waals surface area contributed by atoms with Crippen LogP contribution >= 0.6 is 0 Å². The molecule has 5 nitrogen and oxygen atoms in total. The van der Waals surface area contributed by atoms with Gasteiger partial charge >= 0.3 is 5.97 Å². The molecule has 5 heteroatoms. The number of carboxylic acids is 1. The van der Waals surface area contributed by atoms with E-state index >= 15 is 0 Å². The van der Waals surface area contributed by atoms with E-state index in [9.17, 15) is 9.90 Å². The molecule has 0 saturated carbocycles. The number of nitrogens with zero attached hydrogens (tertiary/aromatic N) is 3. The molecule has 94 valence electrons. The maximum Gasteiger partial charge on any atom is 0.310 e. The van der Waals surface area contributed by atoms with E-state index in [0.717, 1.165) is 25.5 Å². The Hall–Kier alpha value is -1.36. The molecule has 1 aliphatic heterocycles. The van der Waals surface area contributed by atoms with E-state index in [1.807, 2.05) is 20.0 Å². The summed E-state index contributed by atoms with van der Waals surface area (Å²) in [6, 6.07) is 0. The molecular formula is C12H19N3O2. The molecule has 0 saturated heterocycles. The zero-order valence-corrected chi connectivity index (χ0v) is 10.4. The van der Waals surface area contributed by atoms with E-state index in [-0.39, 0.29) is 0 Å². The highest BCUT2D eigenvalue weighted by atomic mass is 16.4. The zero-order chi connectivity index (χ0) is 12.5. The van der Waals surface area contributed by atoms with E-state index < -0.39 is 11.4 Å². The first-order valence-corrected chi connectivity index (χ1v) is 6.01. The summed E-state index contributed by atoms with van der Waals surface area (Å²) < 4.78 is 2.13. The summed E-state index contributed by atoms with van der Waals surface area (Å²) in [4.78, 5) is 17.7. The largest absolute Gasteiger partial charge is 0.481 e. The van der Waals surface area contributed by atoms with Gasteiger partial charge in [-0.05, 0) is 13.3 Å². The first-order valence-electron chi connectivity index (χ1n) is 6.01. The molecule has 0 fully saturated rings. The first-order chi connectivity index (χ1) is 8.05. The second-order valence-electron chi connectivity index (χ2n) is 4.97. The van der Waals surface area contributed by atoms with E-state index in [1.54, 1.807) is 6.20 Å². The lowest BCUT2D eigenvalue weighted by Gasteiger charge is -2.34. The molecule has 1 N–H and O–H groups in total. The van der Waals surface area contributed by atoms with E-state index in [0.29, 0.717) is 13.0 Å². The van der Waals surface area contributed by atoms with Crippen LogP contribution in [-0.4, -0.2) is 38.6 Å². The third-order valence-electron chi connectivity index (χ3n) is 3.69. The zero-order valence-electron chi connectivity index (χ0n) is 10.4. The second-order valence-corrected chi connectivity index (χ2v) is 4.97. The average molecular weight is 237 g/mol. The summed E-state index contributed by atoms with van der Waals surface area (Å²) in [6.45, 7) is 6.87. The van der Waals surface area contributed by atoms with Crippen LogP contribution in [0.4, 0.5) is 0 Å². The standard InChI is InChI=1S/C12H19N3O2/c1-3-12(2,11(16)17)9-14-6-7-15-5-4-13-10(15)8-14/h4-5H,3,6-9H2,1-2H3,(H,16,17). The molecule has 1 aromatic rings. The molecule has 2 rings (SSSR count). The fraction of sp³-hybridized carbons (Fsp3) is 0.667. The van der Waals surface area contributed by atoms with Gasteiger partial charge in [0, 0.05) is 32.0 Å². The van der Waals surface area contributed by atoms with Gasteiger partial charge in [-0.25, -0.2) is 4.98 Å². The number of imidazole rings is 1. The normalized spacial score (nSPS) is 19.6. The molecule has 1 aromatic heterocycles. The number of fused-ring (bicyclic) bond motifs is 1.